The van der Waals surface area contributed by atoms with Gasteiger partial charge in [-0.3, -0.25) is 14.4 Å². The van der Waals surface area contributed by atoms with E-state index in [2.05, 4.69) is 16.0 Å². The van der Waals surface area contributed by atoms with E-state index in [4.69, 9.17) is 16.3 Å². The maximum absolute atomic E-state index is 12.5. The minimum Gasteiger partial charge on any atom is -0.479 e. The Balaban J connectivity index is 1.71. The Labute approximate surface area is 167 Å². The van der Waals surface area contributed by atoms with Crippen molar-refractivity contribution >= 4 is 40.7 Å². The Hall–Kier alpha value is -3.06. The van der Waals surface area contributed by atoms with E-state index in [1.807, 2.05) is 0 Å². The molecule has 7 nitrogen and oxygen atoms in total. The van der Waals surface area contributed by atoms with Gasteiger partial charge >= 0.3 is 0 Å². The van der Waals surface area contributed by atoms with Crippen LogP contribution >= 0.6 is 11.6 Å². The van der Waals surface area contributed by atoms with Crippen LogP contribution in [0.25, 0.3) is 0 Å². The van der Waals surface area contributed by atoms with Crippen molar-refractivity contribution in [2.75, 3.05) is 10.6 Å². The molecule has 0 fully saturated rings. The van der Waals surface area contributed by atoms with Gasteiger partial charge in [-0.15, -0.1) is 0 Å². The lowest BCUT2D eigenvalue weighted by Gasteiger charge is -2.24. The number of ether oxygens (including phenoxy) is 1. The molecule has 1 aliphatic heterocycles. The summed E-state index contributed by atoms with van der Waals surface area (Å²) in [4.78, 5) is 35.8. The molecule has 1 aliphatic rings. The van der Waals surface area contributed by atoms with E-state index < -0.39 is 12.1 Å². The second kappa shape index (κ2) is 8.31. The number of rotatable bonds is 5. The van der Waals surface area contributed by atoms with Crippen LogP contribution < -0.4 is 20.7 Å². The third-order valence-electron chi connectivity index (χ3n) is 4.23. The lowest BCUT2D eigenvalue weighted by Crippen LogP contribution is -2.34. The van der Waals surface area contributed by atoms with Gasteiger partial charge in [0.1, 0.15) is 5.75 Å². The van der Waals surface area contributed by atoms with Crippen molar-refractivity contribution in [1.29, 1.82) is 0 Å². The highest BCUT2D eigenvalue weighted by Crippen LogP contribution is 2.32. The number of amides is 3. The number of halogens is 1. The number of carbonyl (C=O) groups is 3. The molecule has 0 aliphatic carbocycles. The van der Waals surface area contributed by atoms with Gasteiger partial charge in [-0.1, -0.05) is 23.7 Å². The molecule has 0 saturated heterocycles. The van der Waals surface area contributed by atoms with Gasteiger partial charge in [-0.2, -0.15) is 0 Å². The smallest absolute Gasteiger partial charge is 0.265 e. The summed E-state index contributed by atoms with van der Waals surface area (Å²) >= 11 is 5.91. The van der Waals surface area contributed by atoms with Crippen LogP contribution in [0.2, 0.25) is 5.02 Å². The Morgan fingerprint density at radius 2 is 1.93 bits per heavy atom. The van der Waals surface area contributed by atoms with Gasteiger partial charge < -0.3 is 20.7 Å². The van der Waals surface area contributed by atoms with Crippen molar-refractivity contribution in [3.8, 4) is 5.75 Å². The van der Waals surface area contributed by atoms with Gasteiger partial charge in [0.25, 0.3) is 5.91 Å². The molecule has 146 valence electrons. The van der Waals surface area contributed by atoms with E-state index in [-0.39, 0.29) is 24.1 Å². The van der Waals surface area contributed by atoms with Crippen molar-refractivity contribution < 1.29 is 19.1 Å². The van der Waals surface area contributed by atoms with Crippen LogP contribution in [-0.2, 0) is 14.4 Å². The molecule has 3 N–H and O–H groups in total. The largest absolute Gasteiger partial charge is 0.479 e. The first-order valence-electron chi connectivity index (χ1n) is 8.76. The topological polar surface area (TPSA) is 96.5 Å². The van der Waals surface area contributed by atoms with Crippen molar-refractivity contribution in [3.05, 3.63) is 53.1 Å². The highest BCUT2D eigenvalue weighted by atomic mass is 35.5. The molecule has 8 heteroatoms. The first-order valence-corrected chi connectivity index (χ1v) is 9.13. The summed E-state index contributed by atoms with van der Waals surface area (Å²) in [7, 11) is 0. The first-order chi connectivity index (χ1) is 13.3. The van der Waals surface area contributed by atoms with E-state index in [0.29, 0.717) is 22.1 Å². The summed E-state index contributed by atoms with van der Waals surface area (Å²) in [5.41, 5.74) is 1.78. The molecule has 0 radical (unpaired) electrons. The van der Waals surface area contributed by atoms with Crippen molar-refractivity contribution in [2.24, 2.45) is 0 Å². The first kappa shape index (κ1) is 19.7. The molecule has 28 heavy (non-hydrogen) atoms. The third kappa shape index (κ3) is 4.80. The minimum atomic E-state index is -0.564. The van der Waals surface area contributed by atoms with E-state index in [1.54, 1.807) is 49.4 Å². The maximum Gasteiger partial charge on any atom is 0.265 e. The fourth-order valence-corrected chi connectivity index (χ4v) is 3.00. The van der Waals surface area contributed by atoms with Crippen molar-refractivity contribution in [1.82, 2.24) is 5.32 Å². The summed E-state index contributed by atoms with van der Waals surface area (Å²) in [6.07, 6.45) is -0.524. The molecule has 2 aromatic carbocycles. The standard InChI is InChI=1S/C20H20ClN3O4/c1-11-20(27)24-17-9-15(7-8-18(17)28-11)23-19(26)10-16(22-12(2)25)13-3-5-14(21)6-4-13/h3-9,11,16H,10H2,1-2H3,(H,22,25)(H,23,26)(H,24,27). The van der Waals surface area contributed by atoms with Gasteiger partial charge in [0, 0.05) is 17.6 Å². The molecule has 0 spiro atoms. The Morgan fingerprint density at radius 3 is 2.61 bits per heavy atom. The number of hydrogen-bond acceptors (Lipinski definition) is 4. The van der Waals surface area contributed by atoms with E-state index in [0.717, 1.165) is 5.56 Å². The highest BCUT2D eigenvalue weighted by molar-refractivity contribution is 6.30. The quantitative estimate of drug-likeness (QED) is 0.716. The van der Waals surface area contributed by atoms with Crippen molar-refractivity contribution in [3.63, 3.8) is 0 Å². The third-order valence-corrected chi connectivity index (χ3v) is 4.49. The Kier molecular flexibility index (Phi) is 5.84. The molecule has 3 rings (SSSR count). The number of carbonyl (C=O) groups excluding carboxylic acids is 3. The summed E-state index contributed by atoms with van der Waals surface area (Å²) in [6, 6.07) is 11.5. The van der Waals surface area contributed by atoms with Crippen LogP contribution in [0, 0.1) is 0 Å². The molecule has 2 unspecified atom stereocenters. The van der Waals surface area contributed by atoms with Crippen LogP contribution in [0.1, 0.15) is 31.9 Å². The van der Waals surface area contributed by atoms with Crippen LogP contribution in [0.3, 0.4) is 0 Å². The SMILES string of the molecule is CC(=O)NC(CC(=O)Nc1ccc2c(c1)NC(=O)C(C)O2)c1ccc(Cl)cc1. The number of anilines is 2. The molecule has 0 aromatic heterocycles. The molecule has 0 bridgehead atoms. The normalized spacial score (nSPS) is 16.2. The zero-order valence-corrected chi connectivity index (χ0v) is 16.2. The molecule has 1 heterocycles. The van der Waals surface area contributed by atoms with Gasteiger partial charge in [0.05, 0.1) is 18.2 Å². The molecule has 2 aromatic rings. The summed E-state index contributed by atoms with van der Waals surface area (Å²) in [6.45, 7) is 3.06. The number of hydrogen-bond donors (Lipinski definition) is 3. The highest BCUT2D eigenvalue weighted by Gasteiger charge is 2.24. The van der Waals surface area contributed by atoms with E-state index in [1.165, 1.54) is 6.92 Å². The maximum atomic E-state index is 12.5. The monoisotopic (exact) mass is 401 g/mol. The second-order valence-electron chi connectivity index (χ2n) is 6.52. The number of nitrogens with one attached hydrogen (secondary N) is 3. The van der Waals surface area contributed by atoms with Gasteiger partial charge in [-0.05, 0) is 42.8 Å². The molecule has 0 saturated carbocycles. The molecule has 2 atom stereocenters. The van der Waals surface area contributed by atoms with Crippen LogP contribution in [-0.4, -0.2) is 23.8 Å². The van der Waals surface area contributed by atoms with Gasteiger partial charge in [0.15, 0.2) is 6.10 Å². The minimum absolute atomic E-state index is 0.0399. The van der Waals surface area contributed by atoms with Crippen molar-refractivity contribution in [2.45, 2.75) is 32.4 Å². The molecular weight excluding hydrogens is 382 g/mol. The lowest BCUT2D eigenvalue weighted by molar-refractivity contribution is -0.123. The predicted molar refractivity (Wildman–Crippen MR) is 106 cm³/mol. The average molecular weight is 402 g/mol. The number of benzene rings is 2. The van der Waals surface area contributed by atoms with E-state index >= 15 is 0 Å². The van der Waals surface area contributed by atoms with Crippen LogP contribution in [0.15, 0.2) is 42.5 Å². The zero-order chi connectivity index (χ0) is 20.3. The van der Waals surface area contributed by atoms with Crippen LogP contribution in [0.5, 0.6) is 5.75 Å². The summed E-state index contributed by atoms with van der Waals surface area (Å²) in [5, 5.41) is 8.86. The van der Waals surface area contributed by atoms with Crippen LogP contribution in [0.4, 0.5) is 11.4 Å². The van der Waals surface area contributed by atoms with Gasteiger partial charge in [0.2, 0.25) is 11.8 Å². The van der Waals surface area contributed by atoms with Gasteiger partial charge in [-0.25, -0.2) is 0 Å². The van der Waals surface area contributed by atoms with E-state index in [9.17, 15) is 14.4 Å². The fraction of sp³-hybridized carbons (Fsp3) is 0.250. The predicted octanol–water partition coefficient (Wildman–Crippen LogP) is 3.27. The average Bonchev–Trinajstić information content (AvgIpc) is 2.62. The number of fused-ring (bicyclic) bond motifs is 1. The fourth-order valence-electron chi connectivity index (χ4n) is 2.88. The molecular formula is C20H20ClN3O4. The summed E-state index contributed by atoms with van der Waals surface area (Å²) in [5.74, 6) is -0.229. The summed E-state index contributed by atoms with van der Waals surface area (Å²) < 4.78 is 5.50. The zero-order valence-electron chi connectivity index (χ0n) is 15.4. The Bertz CT molecular complexity index is 914. The molecule has 3 amide bonds. The Morgan fingerprint density at radius 1 is 1.21 bits per heavy atom. The lowest BCUT2D eigenvalue weighted by atomic mass is 10.0. The second-order valence-corrected chi connectivity index (χ2v) is 6.95.